The van der Waals surface area contributed by atoms with Gasteiger partial charge in [-0.2, -0.15) is 0 Å². The van der Waals surface area contributed by atoms with Crippen molar-refractivity contribution in [2.75, 3.05) is 12.8 Å². The molecule has 0 aliphatic rings. The maximum absolute atomic E-state index is 10.4. The molecule has 0 fully saturated rings. The zero-order valence-corrected chi connectivity index (χ0v) is 7.16. The van der Waals surface area contributed by atoms with Gasteiger partial charge in [0.25, 0.3) is 0 Å². The number of carbonyl (C=O) groups excluding carboxylic acids is 1. The summed E-state index contributed by atoms with van der Waals surface area (Å²) in [4.78, 5) is 10.4. The number of rotatable bonds is 3. The second-order valence-electron chi connectivity index (χ2n) is 1.34. The molecule has 0 aromatic rings. The third kappa shape index (κ3) is 2.72. The summed E-state index contributed by atoms with van der Waals surface area (Å²) in [5.74, 6) is 0.544. The van der Waals surface area contributed by atoms with Gasteiger partial charge in [-0.15, -0.1) is 0 Å². The molecule has 0 saturated heterocycles. The van der Waals surface area contributed by atoms with Gasteiger partial charge in [-0.3, -0.25) is 0 Å². The first-order chi connectivity index (χ1) is 3.72. The SMILES string of the molecule is CNC(CS)C(=O)[Se]. The van der Waals surface area contributed by atoms with Crippen LogP contribution in [0.5, 0.6) is 0 Å². The van der Waals surface area contributed by atoms with Gasteiger partial charge in [-0.05, 0) is 0 Å². The average Bonchev–Trinajstić information content (AvgIpc) is 1.69. The van der Waals surface area contributed by atoms with Crippen LogP contribution in [0.3, 0.4) is 0 Å². The fourth-order valence-corrected chi connectivity index (χ4v) is 1.33. The van der Waals surface area contributed by atoms with Crippen LogP contribution in [0.1, 0.15) is 0 Å². The van der Waals surface area contributed by atoms with Crippen molar-refractivity contribution in [2.24, 2.45) is 0 Å². The summed E-state index contributed by atoms with van der Waals surface area (Å²) in [6.45, 7) is 0. The van der Waals surface area contributed by atoms with Gasteiger partial charge in [0.15, 0.2) is 0 Å². The van der Waals surface area contributed by atoms with Crippen LogP contribution in [0.15, 0.2) is 0 Å². The minimum atomic E-state index is -0.127. The molecule has 4 heteroatoms. The Labute approximate surface area is 62.6 Å². The van der Waals surface area contributed by atoms with E-state index in [2.05, 4.69) is 34.0 Å². The number of likely N-dealkylation sites (N-methyl/N-ethyl adjacent to an activating group) is 1. The molecule has 8 heavy (non-hydrogen) atoms. The summed E-state index contributed by atoms with van der Waals surface area (Å²) in [7, 11) is 1.73. The third-order valence-corrected chi connectivity index (χ3v) is 1.78. The van der Waals surface area contributed by atoms with Gasteiger partial charge in [-0.1, -0.05) is 0 Å². The van der Waals surface area contributed by atoms with E-state index >= 15 is 0 Å². The summed E-state index contributed by atoms with van der Waals surface area (Å²) in [5.41, 5.74) is 0. The molecule has 2 nitrogen and oxygen atoms in total. The molecule has 1 N–H and O–H groups in total. The van der Waals surface area contributed by atoms with E-state index in [0.717, 1.165) is 0 Å². The molecule has 0 bridgehead atoms. The van der Waals surface area contributed by atoms with E-state index < -0.39 is 0 Å². The van der Waals surface area contributed by atoms with E-state index in [1.165, 1.54) is 0 Å². The first-order valence-corrected chi connectivity index (χ1v) is 3.70. The van der Waals surface area contributed by atoms with Crippen molar-refractivity contribution in [1.29, 1.82) is 0 Å². The van der Waals surface area contributed by atoms with Crippen LogP contribution in [0.25, 0.3) is 0 Å². The average molecular weight is 197 g/mol. The van der Waals surface area contributed by atoms with Crippen LogP contribution in [0.2, 0.25) is 0 Å². The normalized spacial score (nSPS) is 13.2. The molecule has 1 atom stereocenters. The van der Waals surface area contributed by atoms with Gasteiger partial charge in [-0.25, -0.2) is 0 Å². The molecule has 0 amide bonds. The Kier molecular flexibility index (Phi) is 4.66. The standard InChI is InChI=1S/C4H8NOSSe/c1-5-3(2-7)4(6)8/h3,5,7H,2H2,1H3. The monoisotopic (exact) mass is 198 g/mol. The number of carbonyl (C=O) groups is 1. The molecule has 1 radical (unpaired) electrons. The Morgan fingerprint density at radius 2 is 2.50 bits per heavy atom. The molecule has 0 aromatic heterocycles. The second-order valence-corrected chi connectivity index (χ2v) is 2.55. The van der Waals surface area contributed by atoms with E-state index in [4.69, 9.17) is 0 Å². The minimum absolute atomic E-state index is 0.0162. The zero-order chi connectivity index (χ0) is 6.57. The summed E-state index contributed by atoms with van der Waals surface area (Å²) in [5, 5.41) is 2.79. The quantitative estimate of drug-likeness (QED) is 0.458. The van der Waals surface area contributed by atoms with Gasteiger partial charge in [0.05, 0.1) is 0 Å². The van der Waals surface area contributed by atoms with E-state index in [1.54, 1.807) is 7.05 Å². The predicted octanol–water partition coefficient (Wildman–Crippen LogP) is -0.801. The fraction of sp³-hybridized carbons (Fsp3) is 0.750. The Morgan fingerprint density at radius 1 is 2.00 bits per heavy atom. The summed E-state index contributed by atoms with van der Waals surface area (Å²) >= 11 is 6.32. The van der Waals surface area contributed by atoms with Crippen LogP contribution < -0.4 is 5.32 Å². The van der Waals surface area contributed by atoms with Crippen LogP contribution in [-0.2, 0) is 4.79 Å². The van der Waals surface area contributed by atoms with E-state index in [1.807, 2.05) is 0 Å². The molecule has 0 rings (SSSR count). The molecule has 1 unspecified atom stereocenters. The summed E-state index contributed by atoms with van der Waals surface area (Å²) in [6.07, 6.45) is 0. The maximum atomic E-state index is 10.4. The van der Waals surface area contributed by atoms with E-state index in [9.17, 15) is 4.79 Å². The van der Waals surface area contributed by atoms with Gasteiger partial charge < -0.3 is 0 Å². The number of hydrogen-bond acceptors (Lipinski definition) is 3. The Balaban J connectivity index is 3.52. The van der Waals surface area contributed by atoms with E-state index in [0.29, 0.717) is 5.75 Å². The second kappa shape index (κ2) is 4.39. The van der Waals surface area contributed by atoms with Crippen molar-refractivity contribution < 1.29 is 4.79 Å². The van der Waals surface area contributed by atoms with Crippen molar-refractivity contribution in [3.8, 4) is 0 Å². The van der Waals surface area contributed by atoms with Crippen molar-refractivity contribution in [3.63, 3.8) is 0 Å². The number of thiol groups is 1. The van der Waals surface area contributed by atoms with Gasteiger partial charge in [0, 0.05) is 0 Å². The summed E-state index contributed by atoms with van der Waals surface area (Å²) in [6, 6.07) is -0.127. The predicted molar refractivity (Wildman–Crippen MR) is 37.5 cm³/mol. The summed E-state index contributed by atoms with van der Waals surface area (Å²) < 4.78 is 0.0162. The fourth-order valence-electron chi connectivity index (χ4n) is 0.284. The van der Waals surface area contributed by atoms with Crippen molar-refractivity contribution in [1.82, 2.24) is 5.32 Å². The molecule has 0 spiro atoms. The Bertz CT molecular complexity index is 84.1. The molecule has 0 aliphatic carbocycles. The Morgan fingerprint density at radius 3 is 2.50 bits per heavy atom. The van der Waals surface area contributed by atoms with Gasteiger partial charge >= 0.3 is 62.3 Å². The number of nitrogens with one attached hydrogen (secondary N) is 1. The van der Waals surface area contributed by atoms with Gasteiger partial charge in [0.2, 0.25) is 0 Å². The zero-order valence-electron chi connectivity index (χ0n) is 4.55. The van der Waals surface area contributed by atoms with Crippen molar-refractivity contribution >= 4 is 33.3 Å². The first kappa shape index (κ1) is 8.50. The molecule has 47 valence electrons. The van der Waals surface area contributed by atoms with Crippen LogP contribution >= 0.6 is 12.6 Å². The molecular formula is C4H8NOSSe. The van der Waals surface area contributed by atoms with Crippen molar-refractivity contribution in [3.05, 3.63) is 0 Å². The van der Waals surface area contributed by atoms with Gasteiger partial charge in [0.1, 0.15) is 0 Å². The molecule has 0 aliphatic heterocycles. The molecule has 0 saturated carbocycles. The van der Waals surface area contributed by atoms with E-state index in [-0.39, 0.29) is 10.7 Å². The number of hydrogen-bond donors (Lipinski definition) is 2. The third-order valence-electron chi connectivity index (χ3n) is 0.816. The Hall–Kier alpha value is 0.499. The molecule has 0 aromatic carbocycles. The first-order valence-electron chi connectivity index (χ1n) is 2.21. The van der Waals surface area contributed by atoms with Crippen LogP contribution in [-0.4, -0.2) is 39.5 Å². The van der Waals surface area contributed by atoms with Crippen LogP contribution in [0.4, 0.5) is 0 Å². The topological polar surface area (TPSA) is 29.1 Å². The van der Waals surface area contributed by atoms with Crippen LogP contribution in [0, 0.1) is 0 Å². The molecule has 0 heterocycles. The molecular weight excluding hydrogens is 189 g/mol. The van der Waals surface area contributed by atoms with Crippen molar-refractivity contribution in [2.45, 2.75) is 6.04 Å².